The summed E-state index contributed by atoms with van der Waals surface area (Å²) in [7, 11) is 3.28. The van der Waals surface area contributed by atoms with Crippen LogP contribution in [0, 0.1) is 0 Å². The van der Waals surface area contributed by atoms with Crippen LogP contribution >= 0.6 is 0 Å². The molecule has 2 rings (SSSR count). The Morgan fingerprint density at radius 3 is 2.72 bits per heavy atom. The topological polar surface area (TPSA) is 43.4 Å². The van der Waals surface area contributed by atoms with Gasteiger partial charge in [0.15, 0.2) is 0 Å². The highest BCUT2D eigenvalue weighted by Crippen LogP contribution is 2.29. The molecule has 0 saturated carbocycles. The first-order valence-corrected chi connectivity index (χ1v) is 5.68. The van der Waals surface area contributed by atoms with Gasteiger partial charge in [0.25, 0.3) is 0 Å². The summed E-state index contributed by atoms with van der Waals surface area (Å²) in [6.45, 7) is 0.705. The minimum Gasteiger partial charge on any atom is -0.497 e. The van der Waals surface area contributed by atoms with Crippen molar-refractivity contribution in [3.63, 3.8) is 0 Å². The molecule has 0 fully saturated rings. The molecule has 4 heteroatoms. The van der Waals surface area contributed by atoms with Gasteiger partial charge in [-0.3, -0.25) is 4.98 Å². The standard InChI is InChI=1S/C14H16N2O2/c1-17-12-5-6-13(14(8-12)18-2)16-10-11-4-3-7-15-9-11/h3-9,16H,10H2,1-2H3. The number of nitrogens with one attached hydrogen (secondary N) is 1. The van der Waals surface area contributed by atoms with Crippen LogP contribution in [0.1, 0.15) is 5.56 Å². The van der Waals surface area contributed by atoms with Crippen molar-refractivity contribution < 1.29 is 9.47 Å². The van der Waals surface area contributed by atoms with Gasteiger partial charge >= 0.3 is 0 Å². The van der Waals surface area contributed by atoms with Gasteiger partial charge in [-0.1, -0.05) is 6.07 Å². The summed E-state index contributed by atoms with van der Waals surface area (Å²) in [6, 6.07) is 9.63. The second-order valence-corrected chi connectivity index (χ2v) is 3.78. The van der Waals surface area contributed by atoms with E-state index >= 15 is 0 Å². The summed E-state index contributed by atoms with van der Waals surface area (Å²) in [6.07, 6.45) is 3.60. The van der Waals surface area contributed by atoms with E-state index in [1.165, 1.54) is 0 Å². The zero-order chi connectivity index (χ0) is 12.8. The minimum absolute atomic E-state index is 0.705. The molecule has 18 heavy (non-hydrogen) atoms. The molecule has 0 aliphatic heterocycles. The maximum Gasteiger partial charge on any atom is 0.145 e. The lowest BCUT2D eigenvalue weighted by molar-refractivity contribution is 0.395. The van der Waals surface area contributed by atoms with Crippen LogP contribution in [0.4, 0.5) is 5.69 Å². The first kappa shape index (κ1) is 12.2. The van der Waals surface area contributed by atoms with Crippen molar-refractivity contribution >= 4 is 5.69 Å². The van der Waals surface area contributed by atoms with Gasteiger partial charge in [-0.05, 0) is 23.8 Å². The van der Waals surface area contributed by atoms with E-state index in [4.69, 9.17) is 9.47 Å². The number of hydrogen-bond acceptors (Lipinski definition) is 4. The normalized spacial score (nSPS) is 9.89. The summed E-state index contributed by atoms with van der Waals surface area (Å²) < 4.78 is 10.5. The zero-order valence-corrected chi connectivity index (χ0v) is 10.5. The van der Waals surface area contributed by atoms with Crippen LogP contribution in [-0.2, 0) is 6.54 Å². The van der Waals surface area contributed by atoms with E-state index in [2.05, 4.69) is 10.3 Å². The van der Waals surface area contributed by atoms with Crippen LogP contribution < -0.4 is 14.8 Å². The van der Waals surface area contributed by atoms with Crippen LogP contribution in [0.15, 0.2) is 42.7 Å². The fraction of sp³-hybridized carbons (Fsp3) is 0.214. The molecule has 0 aliphatic rings. The van der Waals surface area contributed by atoms with Gasteiger partial charge in [0.05, 0.1) is 19.9 Å². The third-order valence-corrected chi connectivity index (χ3v) is 2.61. The van der Waals surface area contributed by atoms with Gasteiger partial charge < -0.3 is 14.8 Å². The molecule has 1 aromatic carbocycles. The Hall–Kier alpha value is -2.23. The average molecular weight is 244 g/mol. The van der Waals surface area contributed by atoms with Crippen LogP contribution in [0.3, 0.4) is 0 Å². The molecule has 2 aromatic rings. The lowest BCUT2D eigenvalue weighted by atomic mass is 10.2. The molecule has 1 heterocycles. The van der Waals surface area contributed by atoms with E-state index < -0.39 is 0 Å². The van der Waals surface area contributed by atoms with E-state index in [-0.39, 0.29) is 0 Å². The van der Waals surface area contributed by atoms with Gasteiger partial charge in [0.1, 0.15) is 11.5 Å². The molecular formula is C14H16N2O2. The van der Waals surface area contributed by atoms with Crippen molar-refractivity contribution in [2.75, 3.05) is 19.5 Å². The molecule has 1 N–H and O–H groups in total. The third-order valence-electron chi connectivity index (χ3n) is 2.61. The maximum atomic E-state index is 5.32. The summed E-state index contributed by atoms with van der Waals surface area (Å²) in [5, 5.41) is 3.31. The number of methoxy groups -OCH3 is 2. The number of anilines is 1. The Balaban J connectivity index is 2.09. The van der Waals surface area contributed by atoms with Crippen LogP contribution in [0.2, 0.25) is 0 Å². The molecule has 0 bridgehead atoms. The van der Waals surface area contributed by atoms with Crippen molar-refractivity contribution in [1.82, 2.24) is 4.98 Å². The SMILES string of the molecule is COc1ccc(NCc2cccnc2)c(OC)c1. The van der Waals surface area contributed by atoms with Crippen molar-refractivity contribution in [2.45, 2.75) is 6.54 Å². The quantitative estimate of drug-likeness (QED) is 0.878. The van der Waals surface area contributed by atoms with Crippen molar-refractivity contribution in [2.24, 2.45) is 0 Å². The molecule has 0 saturated heterocycles. The average Bonchev–Trinajstić information content (AvgIpc) is 2.46. The fourth-order valence-corrected chi connectivity index (χ4v) is 1.64. The molecule has 0 unspecified atom stereocenters. The van der Waals surface area contributed by atoms with Crippen molar-refractivity contribution in [3.05, 3.63) is 48.3 Å². The van der Waals surface area contributed by atoms with E-state index in [0.717, 1.165) is 22.7 Å². The number of rotatable bonds is 5. The minimum atomic E-state index is 0.705. The molecule has 0 aliphatic carbocycles. The first-order valence-electron chi connectivity index (χ1n) is 5.68. The Morgan fingerprint density at radius 2 is 2.06 bits per heavy atom. The molecule has 0 radical (unpaired) electrons. The Morgan fingerprint density at radius 1 is 1.17 bits per heavy atom. The number of pyridine rings is 1. The van der Waals surface area contributed by atoms with Gasteiger partial charge in [-0.25, -0.2) is 0 Å². The number of nitrogens with zero attached hydrogens (tertiary/aromatic N) is 1. The second kappa shape index (κ2) is 5.91. The molecule has 0 amide bonds. The molecular weight excluding hydrogens is 228 g/mol. The summed E-state index contributed by atoms with van der Waals surface area (Å²) >= 11 is 0. The predicted molar refractivity (Wildman–Crippen MR) is 71.1 cm³/mol. The van der Waals surface area contributed by atoms with Crippen LogP contribution in [0.5, 0.6) is 11.5 Å². The van der Waals surface area contributed by atoms with Crippen LogP contribution in [0.25, 0.3) is 0 Å². The lowest BCUT2D eigenvalue weighted by Gasteiger charge is -2.12. The molecule has 0 atom stereocenters. The van der Waals surface area contributed by atoms with E-state index in [1.54, 1.807) is 20.4 Å². The second-order valence-electron chi connectivity index (χ2n) is 3.78. The molecule has 94 valence electrons. The van der Waals surface area contributed by atoms with Crippen molar-refractivity contribution in [3.8, 4) is 11.5 Å². The third kappa shape index (κ3) is 2.91. The number of benzene rings is 1. The van der Waals surface area contributed by atoms with Crippen molar-refractivity contribution in [1.29, 1.82) is 0 Å². The maximum absolute atomic E-state index is 5.32. The van der Waals surface area contributed by atoms with E-state index in [1.807, 2.05) is 36.5 Å². The number of hydrogen-bond donors (Lipinski definition) is 1. The molecule has 4 nitrogen and oxygen atoms in total. The summed E-state index contributed by atoms with van der Waals surface area (Å²) in [5.74, 6) is 1.54. The largest absolute Gasteiger partial charge is 0.497 e. The zero-order valence-electron chi connectivity index (χ0n) is 10.5. The van der Waals surface area contributed by atoms with E-state index in [9.17, 15) is 0 Å². The fourth-order valence-electron chi connectivity index (χ4n) is 1.64. The Bertz CT molecular complexity index is 500. The number of aromatic nitrogens is 1. The lowest BCUT2D eigenvalue weighted by Crippen LogP contribution is -2.01. The first-order chi connectivity index (χ1) is 8.83. The summed E-state index contributed by atoms with van der Waals surface area (Å²) in [5.41, 5.74) is 2.05. The molecule has 1 aromatic heterocycles. The molecule has 0 spiro atoms. The Kier molecular flexibility index (Phi) is 4.02. The summed E-state index contributed by atoms with van der Waals surface area (Å²) in [4.78, 5) is 4.08. The Labute approximate surface area is 107 Å². The van der Waals surface area contributed by atoms with Gasteiger partial charge in [0, 0.05) is 25.0 Å². The van der Waals surface area contributed by atoms with Gasteiger partial charge in [-0.2, -0.15) is 0 Å². The van der Waals surface area contributed by atoms with E-state index in [0.29, 0.717) is 6.54 Å². The van der Waals surface area contributed by atoms with Gasteiger partial charge in [0.2, 0.25) is 0 Å². The highest BCUT2D eigenvalue weighted by atomic mass is 16.5. The highest BCUT2D eigenvalue weighted by Gasteiger charge is 2.04. The highest BCUT2D eigenvalue weighted by molar-refractivity contribution is 5.59. The number of ether oxygens (including phenoxy) is 2. The van der Waals surface area contributed by atoms with Gasteiger partial charge in [-0.15, -0.1) is 0 Å². The smallest absolute Gasteiger partial charge is 0.145 e. The predicted octanol–water partition coefficient (Wildman–Crippen LogP) is 2.71. The monoisotopic (exact) mass is 244 g/mol. The van der Waals surface area contributed by atoms with Crippen LogP contribution in [-0.4, -0.2) is 19.2 Å².